The summed E-state index contributed by atoms with van der Waals surface area (Å²) >= 11 is 0. The van der Waals surface area contributed by atoms with Crippen LogP contribution in [0.25, 0.3) is 5.57 Å². The standard InChI is InChI=1S/C25H34N2O7S/c1-32-23(28)25(11-15-26(16-12-25)24(29)34-22-9-17-33-18-10-22)19-35(30,31)27-13-7-21(8-14-27)20-5-3-2-4-6-20/h2-7,22H,8-19H2,1H3. The lowest BCUT2D eigenvalue weighted by Gasteiger charge is -2.40. The number of benzene rings is 1. The van der Waals surface area contributed by atoms with E-state index in [4.69, 9.17) is 14.2 Å². The van der Waals surface area contributed by atoms with Crippen LogP contribution in [0.3, 0.4) is 0 Å². The Morgan fingerprint density at radius 2 is 1.77 bits per heavy atom. The lowest BCUT2D eigenvalue weighted by atomic mass is 9.80. The molecule has 0 aromatic heterocycles. The number of esters is 1. The molecule has 4 rings (SSSR count). The monoisotopic (exact) mass is 506 g/mol. The molecule has 1 aromatic carbocycles. The summed E-state index contributed by atoms with van der Waals surface area (Å²) in [5.74, 6) is -0.875. The molecule has 1 amide bonds. The average Bonchev–Trinajstić information content (AvgIpc) is 2.89. The molecule has 0 bridgehead atoms. The molecular weight excluding hydrogens is 472 g/mol. The number of carbonyl (C=O) groups excluding carboxylic acids is 2. The SMILES string of the molecule is COC(=O)C1(CS(=O)(=O)N2CC=C(c3ccccc3)CC2)CCN(C(=O)OC2CCOCC2)CC1. The third-order valence-corrected chi connectivity index (χ3v) is 9.24. The van der Waals surface area contributed by atoms with Gasteiger partial charge in [-0.3, -0.25) is 4.79 Å². The van der Waals surface area contributed by atoms with Crippen molar-refractivity contribution in [3.05, 3.63) is 42.0 Å². The molecule has 3 aliphatic heterocycles. The molecule has 35 heavy (non-hydrogen) atoms. The van der Waals surface area contributed by atoms with Crippen LogP contribution in [0.15, 0.2) is 36.4 Å². The van der Waals surface area contributed by atoms with Gasteiger partial charge in [0.1, 0.15) is 6.10 Å². The summed E-state index contributed by atoms with van der Waals surface area (Å²) in [5.41, 5.74) is 1.03. The topological polar surface area (TPSA) is 102 Å². The predicted molar refractivity (Wildman–Crippen MR) is 130 cm³/mol. The minimum atomic E-state index is -3.72. The molecule has 0 saturated carbocycles. The first-order chi connectivity index (χ1) is 16.8. The molecule has 2 saturated heterocycles. The van der Waals surface area contributed by atoms with Gasteiger partial charge in [0.15, 0.2) is 0 Å². The van der Waals surface area contributed by atoms with Gasteiger partial charge in [-0.2, -0.15) is 4.31 Å². The van der Waals surface area contributed by atoms with Gasteiger partial charge in [-0.25, -0.2) is 13.2 Å². The van der Waals surface area contributed by atoms with Gasteiger partial charge in [-0.05, 0) is 30.4 Å². The summed E-state index contributed by atoms with van der Waals surface area (Å²) < 4.78 is 44.1. The van der Waals surface area contributed by atoms with Crippen molar-refractivity contribution >= 4 is 27.7 Å². The average molecular weight is 507 g/mol. The number of carbonyl (C=O) groups is 2. The number of rotatable bonds is 6. The molecule has 0 aliphatic carbocycles. The second-order valence-electron chi connectivity index (χ2n) is 9.41. The van der Waals surface area contributed by atoms with Gasteiger partial charge in [0.25, 0.3) is 0 Å². The van der Waals surface area contributed by atoms with Gasteiger partial charge >= 0.3 is 12.1 Å². The number of hydrogen-bond donors (Lipinski definition) is 0. The van der Waals surface area contributed by atoms with Gasteiger partial charge in [-0.1, -0.05) is 36.4 Å². The summed E-state index contributed by atoms with van der Waals surface area (Å²) in [6.07, 6.45) is 3.71. The van der Waals surface area contributed by atoms with Crippen LogP contribution in [-0.4, -0.2) is 88.0 Å². The fourth-order valence-electron chi connectivity index (χ4n) is 5.01. The van der Waals surface area contributed by atoms with E-state index in [2.05, 4.69) is 0 Å². The van der Waals surface area contributed by atoms with Crippen molar-refractivity contribution in [1.29, 1.82) is 0 Å². The van der Waals surface area contributed by atoms with Gasteiger partial charge in [0.05, 0.1) is 31.5 Å². The first-order valence-corrected chi connectivity index (χ1v) is 13.8. The van der Waals surface area contributed by atoms with E-state index in [1.54, 1.807) is 4.90 Å². The Hall–Kier alpha value is -2.43. The fourth-order valence-corrected chi connectivity index (χ4v) is 6.97. The molecule has 2 fully saturated rings. The van der Waals surface area contributed by atoms with E-state index in [-0.39, 0.29) is 44.3 Å². The fraction of sp³-hybridized carbons (Fsp3) is 0.600. The van der Waals surface area contributed by atoms with Crippen molar-refractivity contribution < 1.29 is 32.2 Å². The molecule has 3 aliphatic rings. The van der Waals surface area contributed by atoms with E-state index in [0.717, 1.165) is 11.1 Å². The highest BCUT2D eigenvalue weighted by molar-refractivity contribution is 7.89. The van der Waals surface area contributed by atoms with Crippen LogP contribution in [0.5, 0.6) is 0 Å². The Morgan fingerprint density at radius 1 is 1.09 bits per heavy atom. The summed E-state index contributed by atoms with van der Waals surface area (Å²) in [7, 11) is -2.45. The summed E-state index contributed by atoms with van der Waals surface area (Å²) in [6, 6.07) is 9.91. The van der Waals surface area contributed by atoms with Gasteiger partial charge in [0, 0.05) is 39.0 Å². The van der Waals surface area contributed by atoms with E-state index < -0.39 is 27.5 Å². The van der Waals surface area contributed by atoms with Gasteiger partial charge < -0.3 is 19.1 Å². The van der Waals surface area contributed by atoms with Crippen LogP contribution in [0.2, 0.25) is 0 Å². The largest absolute Gasteiger partial charge is 0.469 e. The summed E-state index contributed by atoms with van der Waals surface area (Å²) in [4.78, 5) is 27.0. The maximum Gasteiger partial charge on any atom is 0.410 e. The number of likely N-dealkylation sites (tertiary alicyclic amines) is 1. The predicted octanol–water partition coefficient (Wildman–Crippen LogP) is 2.68. The van der Waals surface area contributed by atoms with Crippen LogP contribution in [0.4, 0.5) is 4.79 Å². The molecule has 0 spiro atoms. The van der Waals surface area contributed by atoms with Crippen molar-refractivity contribution in [1.82, 2.24) is 9.21 Å². The maximum absolute atomic E-state index is 13.4. The molecule has 0 unspecified atom stereocenters. The Balaban J connectivity index is 1.39. The highest BCUT2D eigenvalue weighted by atomic mass is 32.2. The number of nitrogens with zero attached hydrogens (tertiary/aromatic N) is 2. The molecular formula is C25H34N2O7S. The lowest BCUT2D eigenvalue weighted by Crippen LogP contribution is -2.52. The van der Waals surface area contributed by atoms with E-state index >= 15 is 0 Å². The third kappa shape index (κ3) is 6.05. The van der Waals surface area contributed by atoms with Gasteiger partial charge in [0.2, 0.25) is 10.0 Å². The molecule has 192 valence electrons. The number of sulfonamides is 1. The highest BCUT2D eigenvalue weighted by Crippen LogP contribution is 2.36. The highest BCUT2D eigenvalue weighted by Gasteiger charge is 2.48. The van der Waals surface area contributed by atoms with E-state index in [1.807, 2.05) is 36.4 Å². The van der Waals surface area contributed by atoms with Crippen molar-refractivity contribution in [2.45, 2.75) is 38.2 Å². The Morgan fingerprint density at radius 3 is 2.37 bits per heavy atom. The third-order valence-electron chi connectivity index (χ3n) is 7.20. The van der Waals surface area contributed by atoms with E-state index in [0.29, 0.717) is 39.0 Å². The number of amides is 1. The van der Waals surface area contributed by atoms with Crippen molar-refractivity contribution in [2.24, 2.45) is 5.41 Å². The van der Waals surface area contributed by atoms with E-state index in [9.17, 15) is 18.0 Å². The van der Waals surface area contributed by atoms with E-state index in [1.165, 1.54) is 11.4 Å². The molecule has 3 heterocycles. The smallest absolute Gasteiger partial charge is 0.410 e. The second kappa shape index (κ2) is 11.1. The molecule has 0 N–H and O–H groups in total. The first-order valence-electron chi connectivity index (χ1n) is 12.2. The second-order valence-corrected chi connectivity index (χ2v) is 11.4. The number of methoxy groups -OCH3 is 1. The van der Waals surface area contributed by atoms with Crippen LogP contribution in [0.1, 0.15) is 37.7 Å². The number of hydrogen-bond acceptors (Lipinski definition) is 7. The minimum absolute atomic E-state index is 0.170. The summed E-state index contributed by atoms with van der Waals surface area (Å²) in [5, 5.41) is 0. The Bertz CT molecular complexity index is 1030. The molecule has 9 nitrogen and oxygen atoms in total. The van der Waals surface area contributed by atoms with Crippen LogP contribution in [0, 0.1) is 5.41 Å². The summed E-state index contributed by atoms with van der Waals surface area (Å²) in [6.45, 7) is 2.26. The Kier molecular flexibility index (Phi) is 8.13. The molecule has 0 radical (unpaired) electrons. The normalized spacial score (nSPS) is 21.7. The van der Waals surface area contributed by atoms with Crippen LogP contribution >= 0.6 is 0 Å². The zero-order chi connectivity index (χ0) is 24.9. The Labute approximate surface area is 207 Å². The zero-order valence-electron chi connectivity index (χ0n) is 20.2. The number of piperidine rings is 1. The van der Waals surface area contributed by atoms with Crippen molar-refractivity contribution in [3.63, 3.8) is 0 Å². The first kappa shape index (κ1) is 25.7. The molecule has 0 atom stereocenters. The van der Waals surface area contributed by atoms with Crippen LogP contribution < -0.4 is 0 Å². The molecule has 10 heteroatoms. The lowest BCUT2D eigenvalue weighted by molar-refractivity contribution is -0.154. The molecule has 1 aromatic rings. The number of ether oxygens (including phenoxy) is 3. The minimum Gasteiger partial charge on any atom is -0.469 e. The van der Waals surface area contributed by atoms with Gasteiger partial charge in [-0.15, -0.1) is 0 Å². The quantitative estimate of drug-likeness (QED) is 0.547. The maximum atomic E-state index is 13.4. The van der Waals surface area contributed by atoms with Crippen LogP contribution in [-0.2, 0) is 29.0 Å². The van der Waals surface area contributed by atoms with Crippen molar-refractivity contribution in [3.8, 4) is 0 Å². The van der Waals surface area contributed by atoms with Crippen molar-refractivity contribution in [2.75, 3.05) is 52.3 Å². The zero-order valence-corrected chi connectivity index (χ0v) is 21.0.